The van der Waals surface area contributed by atoms with Crippen molar-refractivity contribution < 1.29 is 36.6 Å². The Balaban J connectivity index is 2.04. The van der Waals surface area contributed by atoms with Gasteiger partial charge < -0.3 is 10.4 Å². The highest BCUT2D eigenvalue weighted by molar-refractivity contribution is 9.10. The molecule has 2 amide bonds. The number of anilines is 1. The molecule has 36 heavy (non-hydrogen) atoms. The van der Waals surface area contributed by atoms with Gasteiger partial charge in [0.2, 0.25) is 0 Å². The molecule has 6 nitrogen and oxygen atoms in total. The SMILES string of the molecule is CN1C(C(C)(C)C)C(O)=C(C(=O)Nc2ccc(Br)c(C(F)(F)F)c2)C(=O)N1Cc1cccc(F)c1F. The van der Waals surface area contributed by atoms with Gasteiger partial charge in [-0.2, -0.15) is 13.2 Å². The zero-order valence-corrected chi connectivity index (χ0v) is 21.3. The van der Waals surface area contributed by atoms with E-state index in [2.05, 4.69) is 21.2 Å². The van der Waals surface area contributed by atoms with Crippen LogP contribution in [0, 0.1) is 17.0 Å². The minimum Gasteiger partial charge on any atom is -0.509 e. The average Bonchev–Trinajstić information content (AvgIpc) is 2.73. The van der Waals surface area contributed by atoms with Crippen molar-refractivity contribution in [1.29, 1.82) is 0 Å². The molecular formula is C24H23BrF5N3O3. The number of hydrogen-bond acceptors (Lipinski definition) is 4. The van der Waals surface area contributed by atoms with Crippen LogP contribution in [0.1, 0.15) is 31.9 Å². The van der Waals surface area contributed by atoms with Gasteiger partial charge in [-0.1, -0.05) is 48.8 Å². The van der Waals surface area contributed by atoms with E-state index in [1.54, 1.807) is 20.8 Å². The summed E-state index contributed by atoms with van der Waals surface area (Å²) in [5, 5.41) is 15.5. The molecule has 0 spiro atoms. The van der Waals surface area contributed by atoms with E-state index in [4.69, 9.17) is 0 Å². The number of carbonyl (C=O) groups is 2. The predicted octanol–water partition coefficient (Wildman–Crippen LogP) is 5.80. The summed E-state index contributed by atoms with van der Waals surface area (Å²) in [6.07, 6.45) is -4.71. The Morgan fingerprint density at radius 1 is 1.14 bits per heavy atom. The zero-order valence-electron chi connectivity index (χ0n) is 19.7. The first kappa shape index (κ1) is 27.6. The number of likely N-dealkylation sites (N-methyl/N-ethyl adjacent to an activating group) is 1. The lowest BCUT2D eigenvalue weighted by Crippen LogP contribution is -2.59. The van der Waals surface area contributed by atoms with Crippen molar-refractivity contribution in [2.24, 2.45) is 5.41 Å². The van der Waals surface area contributed by atoms with E-state index >= 15 is 0 Å². The number of rotatable bonds is 4. The van der Waals surface area contributed by atoms with Crippen LogP contribution in [0.3, 0.4) is 0 Å². The van der Waals surface area contributed by atoms with Gasteiger partial charge in [-0.05, 0) is 29.7 Å². The van der Waals surface area contributed by atoms with Crippen molar-refractivity contribution in [3.63, 3.8) is 0 Å². The van der Waals surface area contributed by atoms with Gasteiger partial charge in [0.15, 0.2) is 11.6 Å². The van der Waals surface area contributed by atoms with Crippen molar-refractivity contribution in [2.75, 3.05) is 12.4 Å². The molecule has 194 valence electrons. The fourth-order valence-electron chi connectivity index (χ4n) is 4.05. The first-order chi connectivity index (χ1) is 16.5. The maximum Gasteiger partial charge on any atom is 0.417 e. The minimum absolute atomic E-state index is 0.174. The monoisotopic (exact) mass is 575 g/mol. The Kier molecular flexibility index (Phi) is 7.52. The lowest BCUT2D eigenvalue weighted by molar-refractivity contribution is -0.158. The van der Waals surface area contributed by atoms with Crippen molar-refractivity contribution in [3.05, 3.63) is 75.0 Å². The summed E-state index contributed by atoms with van der Waals surface area (Å²) in [5.41, 5.74) is -2.97. The Morgan fingerprint density at radius 2 is 1.78 bits per heavy atom. The van der Waals surface area contributed by atoms with Crippen LogP contribution in [0.25, 0.3) is 0 Å². The molecule has 0 bridgehead atoms. The average molecular weight is 576 g/mol. The highest BCUT2D eigenvalue weighted by atomic mass is 79.9. The number of nitrogens with zero attached hydrogens (tertiary/aromatic N) is 2. The summed E-state index contributed by atoms with van der Waals surface area (Å²) >= 11 is 2.81. The van der Waals surface area contributed by atoms with Gasteiger partial charge in [0.05, 0.1) is 18.2 Å². The van der Waals surface area contributed by atoms with E-state index in [0.717, 1.165) is 17.1 Å². The van der Waals surface area contributed by atoms with Crippen LogP contribution in [-0.4, -0.2) is 40.0 Å². The summed E-state index contributed by atoms with van der Waals surface area (Å²) in [6.45, 7) is 4.70. The highest BCUT2D eigenvalue weighted by Gasteiger charge is 2.46. The molecule has 0 aliphatic carbocycles. The Hall–Kier alpha value is -2.99. The normalized spacial score (nSPS) is 17.6. The smallest absolute Gasteiger partial charge is 0.417 e. The van der Waals surface area contributed by atoms with E-state index in [1.165, 1.54) is 30.3 Å². The Morgan fingerprint density at radius 3 is 2.36 bits per heavy atom. The largest absolute Gasteiger partial charge is 0.509 e. The summed E-state index contributed by atoms with van der Waals surface area (Å²) in [5.74, 6) is -5.09. The quantitative estimate of drug-likeness (QED) is 0.357. The first-order valence-corrected chi connectivity index (χ1v) is 11.4. The molecule has 0 radical (unpaired) electrons. The minimum atomic E-state index is -4.71. The van der Waals surface area contributed by atoms with Gasteiger partial charge in [-0.25, -0.2) is 13.8 Å². The fraction of sp³-hybridized carbons (Fsp3) is 0.333. The molecule has 2 aromatic carbocycles. The predicted molar refractivity (Wildman–Crippen MR) is 125 cm³/mol. The lowest BCUT2D eigenvalue weighted by atomic mass is 9.82. The van der Waals surface area contributed by atoms with Crippen LogP contribution in [0.5, 0.6) is 0 Å². The fourth-order valence-corrected chi connectivity index (χ4v) is 4.52. The number of nitrogens with one attached hydrogen (secondary N) is 1. The highest BCUT2D eigenvalue weighted by Crippen LogP contribution is 2.38. The van der Waals surface area contributed by atoms with Gasteiger partial charge in [0, 0.05) is 22.8 Å². The molecule has 2 N–H and O–H groups in total. The number of carbonyl (C=O) groups excluding carboxylic acids is 2. The van der Waals surface area contributed by atoms with E-state index in [1.807, 2.05) is 0 Å². The van der Waals surface area contributed by atoms with Crippen LogP contribution in [-0.2, 0) is 22.3 Å². The zero-order chi connectivity index (χ0) is 27.2. The summed E-state index contributed by atoms with van der Waals surface area (Å²) in [6, 6.07) is 5.44. The van der Waals surface area contributed by atoms with Crippen LogP contribution in [0.2, 0.25) is 0 Å². The maximum absolute atomic E-state index is 14.4. The third kappa shape index (κ3) is 5.39. The van der Waals surface area contributed by atoms with Crippen LogP contribution >= 0.6 is 15.9 Å². The number of aliphatic hydroxyl groups excluding tert-OH is 1. The second-order valence-electron chi connectivity index (χ2n) is 9.32. The van der Waals surface area contributed by atoms with Crippen molar-refractivity contribution >= 4 is 33.4 Å². The van der Waals surface area contributed by atoms with Crippen molar-refractivity contribution in [2.45, 2.75) is 39.5 Å². The molecule has 1 atom stereocenters. The standard InChI is InChI=1S/C24H23BrF5N3O3/c1-23(2,3)20-19(34)17(21(35)31-13-8-9-15(25)14(10-13)24(28,29)30)22(36)33(32(20)4)11-12-6-5-7-16(26)18(12)27/h5-10,20,34H,11H2,1-4H3,(H,31,35). The number of benzene rings is 2. The van der Waals surface area contributed by atoms with Gasteiger partial charge >= 0.3 is 6.18 Å². The molecule has 0 fully saturated rings. The molecule has 2 aromatic rings. The van der Waals surface area contributed by atoms with Crippen LogP contribution < -0.4 is 5.32 Å². The third-order valence-corrected chi connectivity index (χ3v) is 6.34. The number of halogens is 6. The molecule has 0 aromatic heterocycles. The number of hydrazine groups is 1. The molecular weight excluding hydrogens is 553 g/mol. The van der Waals surface area contributed by atoms with E-state index in [9.17, 15) is 36.6 Å². The molecule has 3 rings (SSSR count). The summed E-state index contributed by atoms with van der Waals surface area (Å²) < 4.78 is 67.7. The van der Waals surface area contributed by atoms with Gasteiger partial charge in [0.25, 0.3) is 11.8 Å². The number of hydrogen-bond donors (Lipinski definition) is 2. The molecule has 1 aliphatic heterocycles. The van der Waals surface area contributed by atoms with Crippen molar-refractivity contribution in [1.82, 2.24) is 10.0 Å². The lowest BCUT2D eigenvalue weighted by Gasteiger charge is -2.46. The number of amides is 2. The Bertz CT molecular complexity index is 1240. The van der Waals surface area contributed by atoms with E-state index < -0.39 is 64.5 Å². The van der Waals surface area contributed by atoms with Crippen LogP contribution in [0.15, 0.2) is 52.2 Å². The second kappa shape index (κ2) is 9.81. The maximum atomic E-state index is 14.4. The van der Waals surface area contributed by atoms with E-state index in [-0.39, 0.29) is 15.7 Å². The van der Waals surface area contributed by atoms with Gasteiger partial charge in [-0.3, -0.25) is 14.6 Å². The summed E-state index contributed by atoms with van der Waals surface area (Å²) in [4.78, 5) is 26.4. The van der Waals surface area contributed by atoms with Gasteiger partial charge in [0.1, 0.15) is 11.3 Å². The number of alkyl halides is 3. The molecule has 0 saturated heterocycles. The molecule has 12 heteroatoms. The van der Waals surface area contributed by atoms with Crippen molar-refractivity contribution in [3.8, 4) is 0 Å². The molecule has 1 unspecified atom stereocenters. The van der Waals surface area contributed by atoms with E-state index in [0.29, 0.717) is 6.07 Å². The molecule has 1 aliphatic rings. The van der Waals surface area contributed by atoms with Crippen LogP contribution in [0.4, 0.5) is 27.6 Å². The Labute approximate surface area is 212 Å². The summed E-state index contributed by atoms with van der Waals surface area (Å²) in [7, 11) is 1.44. The molecule has 0 saturated carbocycles. The topological polar surface area (TPSA) is 72.9 Å². The van der Waals surface area contributed by atoms with Gasteiger partial charge in [-0.15, -0.1) is 0 Å². The molecule has 1 heterocycles. The second-order valence-corrected chi connectivity index (χ2v) is 10.2. The third-order valence-electron chi connectivity index (χ3n) is 5.65. The first-order valence-electron chi connectivity index (χ1n) is 10.6. The number of aliphatic hydroxyl groups is 1.